The molecule has 0 aromatic carbocycles. The summed E-state index contributed by atoms with van der Waals surface area (Å²) in [5.41, 5.74) is 0.315. The van der Waals surface area contributed by atoms with Crippen LogP contribution in [0.3, 0.4) is 0 Å². The highest BCUT2D eigenvalue weighted by Gasteiger charge is 2.25. The molecule has 0 saturated carbocycles. The van der Waals surface area contributed by atoms with Gasteiger partial charge in [-0.2, -0.15) is 0 Å². The Kier molecular flexibility index (Phi) is 6.06. The summed E-state index contributed by atoms with van der Waals surface area (Å²) in [6, 6.07) is 0. The lowest BCUT2D eigenvalue weighted by Crippen LogP contribution is -2.50. The fourth-order valence-corrected chi connectivity index (χ4v) is 3.32. The van der Waals surface area contributed by atoms with E-state index in [2.05, 4.69) is 45.3 Å². The normalized spacial score (nSPS) is 20.4. The molecule has 3 nitrogen and oxygen atoms in total. The molecule has 0 aromatic rings. The molecule has 1 aliphatic rings. The summed E-state index contributed by atoms with van der Waals surface area (Å²) in [5, 5.41) is 7.47. The first-order valence-corrected chi connectivity index (χ1v) is 7.76. The summed E-state index contributed by atoms with van der Waals surface area (Å²) in [7, 11) is 0. The molecule has 0 radical (unpaired) electrons. The van der Waals surface area contributed by atoms with Gasteiger partial charge >= 0.3 is 0 Å². The predicted octanol–water partition coefficient (Wildman–Crippen LogP) is 3.23. The van der Waals surface area contributed by atoms with E-state index in [9.17, 15) is 0 Å². The van der Waals surface area contributed by atoms with E-state index in [0.29, 0.717) is 11.5 Å². The van der Waals surface area contributed by atoms with E-state index in [1.54, 1.807) is 0 Å². The first-order chi connectivity index (χ1) is 8.68. The highest BCUT2D eigenvalue weighted by atomic mass is 32.1. The summed E-state index contributed by atoms with van der Waals surface area (Å²) < 4.78 is 5.60. The Morgan fingerprint density at radius 3 is 2.47 bits per heavy atom. The Bertz CT molecular complexity index is 291. The second-order valence-corrected chi connectivity index (χ2v) is 7.83. The van der Waals surface area contributed by atoms with Crippen LogP contribution >= 0.6 is 12.2 Å². The highest BCUT2D eigenvalue weighted by Crippen LogP contribution is 2.26. The van der Waals surface area contributed by atoms with Gasteiger partial charge in [-0.05, 0) is 57.2 Å². The third kappa shape index (κ3) is 7.73. The van der Waals surface area contributed by atoms with E-state index in [0.717, 1.165) is 31.1 Å². The highest BCUT2D eigenvalue weighted by molar-refractivity contribution is 7.80. The summed E-state index contributed by atoms with van der Waals surface area (Å²) in [4.78, 5) is 0. The van der Waals surface area contributed by atoms with Crippen LogP contribution in [0.15, 0.2) is 0 Å². The van der Waals surface area contributed by atoms with E-state index < -0.39 is 0 Å². The van der Waals surface area contributed by atoms with Crippen molar-refractivity contribution < 1.29 is 4.74 Å². The minimum Gasteiger partial charge on any atom is -0.378 e. The van der Waals surface area contributed by atoms with Crippen molar-refractivity contribution in [3.8, 4) is 0 Å². The minimum absolute atomic E-state index is 0.0200. The zero-order chi connectivity index (χ0) is 14.5. The monoisotopic (exact) mass is 286 g/mol. The number of thiocarbonyl (C=S) groups is 1. The van der Waals surface area contributed by atoms with Crippen molar-refractivity contribution in [3.05, 3.63) is 0 Å². The van der Waals surface area contributed by atoms with Gasteiger partial charge in [-0.25, -0.2) is 0 Å². The van der Waals surface area contributed by atoms with Crippen LogP contribution in [-0.2, 0) is 4.74 Å². The van der Waals surface area contributed by atoms with Crippen molar-refractivity contribution >= 4 is 17.3 Å². The SMILES string of the molecule is CC(C)(C)CC(C)(C)NC(=S)NCCC1CCCO1. The number of hydrogen-bond acceptors (Lipinski definition) is 2. The Hall–Kier alpha value is -0.350. The number of nitrogens with one attached hydrogen (secondary N) is 2. The molecule has 1 heterocycles. The van der Waals surface area contributed by atoms with E-state index in [4.69, 9.17) is 17.0 Å². The van der Waals surface area contributed by atoms with Crippen LogP contribution in [0.25, 0.3) is 0 Å². The van der Waals surface area contributed by atoms with Gasteiger partial charge in [-0.15, -0.1) is 0 Å². The van der Waals surface area contributed by atoms with Gasteiger partial charge in [0, 0.05) is 18.7 Å². The molecule has 0 spiro atoms. The smallest absolute Gasteiger partial charge is 0.166 e. The van der Waals surface area contributed by atoms with Gasteiger partial charge in [0.2, 0.25) is 0 Å². The van der Waals surface area contributed by atoms with Crippen molar-refractivity contribution in [2.45, 2.75) is 71.9 Å². The molecule has 0 bridgehead atoms. The largest absolute Gasteiger partial charge is 0.378 e. The molecule has 1 fully saturated rings. The number of rotatable bonds is 5. The van der Waals surface area contributed by atoms with Crippen LogP contribution in [-0.4, -0.2) is 29.9 Å². The lowest BCUT2D eigenvalue weighted by atomic mass is 9.82. The summed E-state index contributed by atoms with van der Waals surface area (Å²) >= 11 is 5.37. The minimum atomic E-state index is 0.0200. The molecule has 4 heteroatoms. The van der Waals surface area contributed by atoms with Crippen LogP contribution in [0.5, 0.6) is 0 Å². The van der Waals surface area contributed by atoms with Crippen LogP contribution in [0.4, 0.5) is 0 Å². The molecule has 1 atom stereocenters. The average molecular weight is 286 g/mol. The zero-order valence-corrected chi connectivity index (χ0v) is 14.0. The first-order valence-electron chi connectivity index (χ1n) is 7.36. The van der Waals surface area contributed by atoms with Crippen LogP contribution in [0.1, 0.15) is 60.3 Å². The van der Waals surface area contributed by atoms with Crippen molar-refractivity contribution in [3.63, 3.8) is 0 Å². The molecular formula is C15H30N2OS. The van der Waals surface area contributed by atoms with E-state index in [-0.39, 0.29) is 5.54 Å². The van der Waals surface area contributed by atoms with E-state index in [1.807, 2.05) is 0 Å². The van der Waals surface area contributed by atoms with Crippen LogP contribution in [0, 0.1) is 5.41 Å². The first kappa shape index (κ1) is 16.7. The molecule has 2 N–H and O–H groups in total. The van der Waals surface area contributed by atoms with Gasteiger partial charge in [-0.3, -0.25) is 0 Å². The standard InChI is InChI=1S/C15H30N2OS/c1-14(2,3)11-15(4,5)17-13(19)16-9-8-12-7-6-10-18-12/h12H,6-11H2,1-5H3,(H2,16,17,19). The third-order valence-corrected chi connectivity index (χ3v) is 3.45. The predicted molar refractivity (Wildman–Crippen MR) is 85.5 cm³/mol. The molecular weight excluding hydrogens is 256 g/mol. The van der Waals surface area contributed by atoms with Gasteiger partial charge in [0.25, 0.3) is 0 Å². The van der Waals surface area contributed by atoms with Crippen molar-refractivity contribution in [1.29, 1.82) is 0 Å². The Morgan fingerprint density at radius 2 is 1.95 bits per heavy atom. The fraction of sp³-hybridized carbons (Fsp3) is 0.933. The summed E-state index contributed by atoms with van der Waals surface area (Å²) in [6.45, 7) is 13.0. The lowest BCUT2D eigenvalue weighted by Gasteiger charge is -2.34. The molecule has 0 aliphatic carbocycles. The van der Waals surface area contributed by atoms with Gasteiger partial charge in [0.15, 0.2) is 5.11 Å². The average Bonchev–Trinajstić information content (AvgIpc) is 2.64. The Balaban J connectivity index is 2.22. The Morgan fingerprint density at radius 1 is 1.26 bits per heavy atom. The third-order valence-electron chi connectivity index (χ3n) is 3.20. The topological polar surface area (TPSA) is 33.3 Å². The van der Waals surface area contributed by atoms with Gasteiger partial charge in [-0.1, -0.05) is 20.8 Å². The molecule has 0 aromatic heterocycles. The van der Waals surface area contributed by atoms with Crippen molar-refractivity contribution in [2.24, 2.45) is 5.41 Å². The van der Waals surface area contributed by atoms with E-state index >= 15 is 0 Å². The molecule has 1 aliphatic heterocycles. The second kappa shape index (κ2) is 6.89. The molecule has 1 saturated heterocycles. The maximum atomic E-state index is 5.60. The zero-order valence-electron chi connectivity index (χ0n) is 13.1. The molecule has 19 heavy (non-hydrogen) atoms. The number of ether oxygens (including phenoxy) is 1. The van der Waals surface area contributed by atoms with Gasteiger partial charge in [0.05, 0.1) is 6.10 Å². The molecule has 1 unspecified atom stereocenters. The molecule has 112 valence electrons. The van der Waals surface area contributed by atoms with Crippen LogP contribution < -0.4 is 10.6 Å². The van der Waals surface area contributed by atoms with Gasteiger partial charge < -0.3 is 15.4 Å². The van der Waals surface area contributed by atoms with E-state index in [1.165, 1.54) is 12.8 Å². The Labute approximate surface area is 123 Å². The summed E-state index contributed by atoms with van der Waals surface area (Å²) in [5.74, 6) is 0. The molecule has 1 rings (SSSR count). The fourth-order valence-electron chi connectivity index (χ4n) is 2.94. The molecule has 0 amide bonds. The maximum Gasteiger partial charge on any atom is 0.166 e. The number of hydrogen-bond donors (Lipinski definition) is 2. The lowest BCUT2D eigenvalue weighted by molar-refractivity contribution is 0.105. The quantitative estimate of drug-likeness (QED) is 0.760. The summed E-state index contributed by atoms with van der Waals surface area (Å²) in [6.07, 6.45) is 4.94. The second-order valence-electron chi connectivity index (χ2n) is 7.43. The maximum absolute atomic E-state index is 5.60. The van der Waals surface area contributed by atoms with Gasteiger partial charge in [0.1, 0.15) is 0 Å². The van der Waals surface area contributed by atoms with Crippen LogP contribution in [0.2, 0.25) is 0 Å². The van der Waals surface area contributed by atoms with Crippen molar-refractivity contribution in [1.82, 2.24) is 10.6 Å². The van der Waals surface area contributed by atoms with Crippen molar-refractivity contribution in [2.75, 3.05) is 13.2 Å².